The molecule has 3 nitrogen and oxygen atoms in total. The van der Waals surface area contributed by atoms with Crippen molar-refractivity contribution in [3.8, 4) is 0 Å². The number of nitrogens with zero attached hydrogens (tertiary/aromatic N) is 2. The first-order chi connectivity index (χ1) is 9.31. The summed E-state index contributed by atoms with van der Waals surface area (Å²) in [7, 11) is 0. The van der Waals surface area contributed by atoms with Crippen LogP contribution in [0.25, 0.3) is 0 Å². The maximum absolute atomic E-state index is 4.79. The second-order valence-electron chi connectivity index (χ2n) is 6.67. The van der Waals surface area contributed by atoms with Gasteiger partial charge >= 0.3 is 0 Å². The van der Waals surface area contributed by atoms with E-state index in [2.05, 4.69) is 58.7 Å². The van der Waals surface area contributed by atoms with Gasteiger partial charge in [0.05, 0.1) is 5.69 Å². The summed E-state index contributed by atoms with van der Waals surface area (Å²) < 4.78 is 0. The van der Waals surface area contributed by atoms with E-state index in [0.717, 1.165) is 19.6 Å². The highest BCUT2D eigenvalue weighted by Crippen LogP contribution is 2.28. The number of nitrogens with one attached hydrogen (secondary N) is 1. The summed E-state index contributed by atoms with van der Waals surface area (Å²) in [5.74, 6) is 1.35. The Morgan fingerprint density at radius 2 is 1.75 bits per heavy atom. The Labute approximate surface area is 128 Å². The molecule has 0 spiro atoms. The lowest BCUT2D eigenvalue weighted by atomic mass is 10.2. The van der Waals surface area contributed by atoms with Crippen LogP contribution in [0, 0.1) is 18.8 Å². The van der Waals surface area contributed by atoms with Crippen LogP contribution in [-0.2, 0) is 6.54 Å². The van der Waals surface area contributed by atoms with Crippen LogP contribution in [0.15, 0.2) is 0 Å². The van der Waals surface area contributed by atoms with Gasteiger partial charge in [0, 0.05) is 24.0 Å². The molecule has 0 fully saturated rings. The molecule has 0 aliphatic rings. The Hall–Kier alpha value is -0.610. The first kappa shape index (κ1) is 17.4. The third kappa shape index (κ3) is 5.41. The van der Waals surface area contributed by atoms with Crippen LogP contribution in [0.3, 0.4) is 0 Å². The van der Waals surface area contributed by atoms with Gasteiger partial charge in [0.2, 0.25) is 0 Å². The van der Waals surface area contributed by atoms with Crippen molar-refractivity contribution in [2.45, 2.75) is 61.1 Å². The number of hydrogen-bond donors (Lipinski definition) is 1. The van der Waals surface area contributed by atoms with Crippen molar-refractivity contribution >= 4 is 16.5 Å². The molecule has 0 aliphatic heterocycles. The largest absolute Gasteiger partial charge is 0.345 e. The minimum atomic E-state index is 0.499. The molecule has 1 heterocycles. The number of anilines is 1. The van der Waals surface area contributed by atoms with Gasteiger partial charge in [-0.25, -0.2) is 4.98 Å². The van der Waals surface area contributed by atoms with Crippen LogP contribution in [0.1, 0.15) is 52.1 Å². The second kappa shape index (κ2) is 7.99. The third-order valence-corrected chi connectivity index (χ3v) is 4.34. The topological polar surface area (TPSA) is 28.2 Å². The highest BCUT2D eigenvalue weighted by Gasteiger charge is 2.17. The molecule has 1 aromatic heterocycles. The summed E-state index contributed by atoms with van der Waals surface area (Å²) in [5, 5.41) is 4.69. The Balaban J connectivity index is 2.75. The van der Waals surface area contributed by atoms with E-state index in [-0.39, 0.29) is 0 Å². The Morgan fingerprint density at radius 3 is 2.25 bits per heavy atom. The maximum atomic E-state index is 4.79. The van der Waals surface area contributed by atoms with E-state index < -0.39 is 0 Å². The van der Waals surface area contributed by atoms with Crippen LogP contribution in [0.5, 0.6) is 0 Å². The highest BCUT2D eigenvalue weighted by molar-refractivity contribution is 7.15. The van der Waals surface area contributed by atoms with Crippen molar-refractivity contribution in [3.63, 3.8) is 0 Å². The van der Waals surface area contributed by atoms with E-state index in [0.29, 0.717) is 17.9 Å². The summed E-state index contributed by atoms with van der Waals surface area (Å²) >= 11 is 1.84. The SMILES string of the molecule is Cc1nc(N(CC(C)C)C(C)C)sc1CNCC(C)C. The average Bonchev–Trinajstić information content (AvgIpc) is 2.66. The van der Waals surface area contributed by atoms with Crippen LogP contribution < -0.4 is 10.2 Å². The highest BCUT2D eigenvalue weighted by atomic mass is 32.1. The summed E-state index contributed by atoms with van der Waals surface area (Å²) in [6, 6.07) is 0.499. The van der Waals surface area contributed by atoms with Crippen molar-refractivity contribution in [1.29, 1.82) is 0 Å². The van der Waals surface area contributed by atoms with Gasteiger partial charge < -0.3 is 10.2 Å². The number of aryl methyl sites for hydroxylation is 1. The molecule has 0 amide bonds. The average molecular weight is 298 g/mol. The Morgan fingerprint density at radius 1 is 1.10 bits per heavy atom. The molecule has 0 aliphatic carbocycles. The van der Waals surface area contributed by atoms with Gasteiger partial charge in [-0.2, -0.15) is 0 Å². The van der Waals surface area contributed by atoms with E-state index in [1.54, 1.807) is 0 Å². The van der Waals surface area contributed by atoms with Crippen molar-refractivity contribution in [3.05, 3.63) is 10.6 Å². The van der Waals surface area contributed by atoms with Gasteiger partial charge in [0.15, 0.2) is 5.13 Å². The van der Waals surface area contributed by atoms with Gasteiger partial charge in [0.1, 0.15) is 0 Å². The van der Waals surface area contributed by atoms with E-state index in [4.69, 9.17) is 4.98 Å². The molecule has 0 aromatic carbocycles. The van der Waals surface area contributed by atoms with Crippen molar-refractivity contribution < 1.29 is 0 Å². The zero-order valence-corrected chi connectivity index (χ0v) is 15.0. The first-order valence-corrected chi connectivity index (χ1v) is 8.56. The molecule has 0 saturated heterocycles. The van der Waals surface area contributed by atoms with Gasteiger partial charge in [-0.15, -0.1) is 11.3 Å². The van der Waals surface area contributed by atoms with Crippen LogP contribution >= 0.6 is 11.3 Å². The number of thiazole rings is 1. The fourth-order valence-electron chi connectivity index (χ4n) is 2.08. The summed E-state index contributed by atoms with van der Waals surface area (Å²) in [6.07, 6.45) is 0. The minimum Gasteiger partial charge on any atom is -0.345 e. The molecule has 4 heteroatoms. The molecule has 0 saturated carbocycles. The molecular weight excluding hydrogens is 266 g/mol. The number of aromatic nitrogens is 1. The molecule has 0 unspecified atom stereocenters. The smallest absolute Gasteiger partial charge is 0.186 e. The monoisotopic (exact) mass is 297 g/mol. The molecule has 0 radical (unpaired) electrons. The molecule has 0 bridgehead atoms. The van der Waals surface area contributed by atoms with Crippen LogP contribution in [0.2, 0.25) is 0 Å². The Bertz CT molecular complexity index is 396. The van der Waals surface area contributed by atoms with Gasteiger partial charge in [-0.1, -0.05) is 27.7 Å². The Kier molecular flexibility index (Phi) is 6.96. The predicted octanol–water partition coefficient (Wildman–Crippen LogP) is 4.07. The predicted molar refractivity (Wildman–Crippen MR) is 90.7 cm³/mol. The minimum absolute atomic E-state index is 0.499. The first-order valence-electron chi connectivity index (χ1n) is 7.74. The quantitative estimate of drug-likeness (QED) is 0.784. The normalized spacial score (nSPS) is 11.9. The van der Waals surface area contributed by atoms with Gasteiger partial charge in [0.25, 0.3) is 0 Å². The molecular formula is C16H31N3S. The molecule has 116 valence electrons. The summed E-state index contributed by atoms with van der Waals surface area (Å²) in [6.45, 7) is 18.7. The van der Waals surface area contributed by atoms with E-state index in [9.17, 15) is 0 Å². The van der Waals surface area contributed by atoms with Crippen molar-refractivity contribution in [2.24, 2.45) is 11.8 Å². The lowest BCUT2D eigenvalue weighted by Gasteiger charge is -2.27. The van der Waals surface area contributed by atoms with Crippen LogP contribution in [0.4, 0.5) is 5.13 Å². The summed E-state index contributed by atoms with van der Waals surface area (Å²) in [4.78, 5) is 8.58. The lowest BCUT2D eigenvalue weighted by Crippen LogP contribution is -2.34. The zero-order chi connectivity index (χ0) is 15.3. The molecule has 1 N–H and O–H groups in total. The van der Waals surface area contributed by atoms with E-state index >= 15 is 0 Å². The van der Waals surface area contributed by atoms with Crippen molar-refractivity contribution in [1.82, 2.24) is 10.3 Å². The lowest BCUT2D eigenvalue weighted by molar-refractivity contribution is 0.554. The number of rotatable bonds is 8. The molecule has 20 heavy (non-hydrogen) atoms. The molecule has 1 aromatic rings. The summed E-state index contributed by atoms with van der Waals surface area (Å²) in [5.41, 5.74) is 1.18. The fourth-order valence-corrected chi connectivity index (χ4v) is 3.25. The third-order valence-electron chi connectivity index (χ3n) is 3.15. The fraction of sp³-hybridized carbons (Fsp3) is 0.812. The zero-order valence-electron chi connectivity index (χ0n) is 14.2. The van der Waals surface area contributed by atoms with E-state index in [1.165, 1.54) is 15.7 Å². The van der Waals surface area contributed by atoms with E-state index in [1.807, 2.05) is 11.3 Å². The standard InChI is InChI=1S/C16H31N3S/c1-11(2)8-17-9-15-14(7)18-16(20-15)19(13(5)6)10-12(3)4/h11-13,17H,8-10H2,1-7H3. The molecule has 0 atom stereocenters. The van der Waals surface area contributed by atoms with Gasteiger partial charge in [-0.3, -0.25) is 0 Å². The van der Waals surface area contributed by atoms with Gasteiger partial charge in [-0.05, 0) is 39.2 Å². The maximum Gasteiger partial charge on any atom is 0.186 e. The van der Waals surface area contributed by atoms with Crippen LogP contribution in [-0.4, -0.2) is 24.1 Å². The molecule has 1 rings (SSSR count). The number of hydrogen-bond acceptors (Lipinski definition) is 4. The second-order valence-corrected chi connectivity index (χ2v) is 7.73. The van der Waals surface area contributed by atoms with Crippen molar-refractivity contribution in [2.75, 3.05) is 18.0 Å².